The van der Waals surface area contributed by atoms with Gasteiger partial charge in [0.25, 0.3) is 10.1 Å². The summed E-state index contributed by atoms with van der Waals surface area (Å²) in [5.41, 5.74) is 6.40. The van der Waals surface area contributed by atoms with E-state index in [1.165, 1.54) is 12.1 Å². The van der Waals surface area contributed by atoms with E-state index in [1.54, 1.807) is 18.2 Å². The van der Waals surface area contributed by atoms with Gasteiger partial charge in [0.05, 0.1) is 16.8 Å². The first kappa shape index (κ1) is 29.5. The van der Waals surface area contributed by atoms with E-state index in [0.717, 1.165) is 11.6 Å². The molecular weight excluding hydrogens is 577 g/mol. The molecular formula is C29H28FN7O5S. The zero-order valence-corrected chi connectivity index (χ0v) is 24.2. The molecule has 1 heterocycles. The summed E-state index contributed by atoms with van der Waals surface area (Å²) in [5, 5.41) is 8.97. The van der Waals surface area contributed by atoms with Gasteiger partial charge in [-0.2, -0.15) is 27.8 Å². The minimum absolute atomic E-state index is 0.00577. The Kier molecular flexibility index (Phi) is 7.58. The number of ketones is 2. The molecule has 6 N–H and O–H groups in total. The molecule has 43 heavy (non-hydrogen) atoms. The van der Waals surface area contributed by atoms with E-state index in [0.29, 0.717) is 5.69 Å². The molecule has 0 spiro atoms. The Morgan fingerprint density at radius 1 is 0.884 bits per heavy atom. The number of anilines is 5. The van der Waals surface area contributed by atoms with Crippen LogP contribution in [0, 0.1) is 18.4 Å². The Morgan fingerprint density at radius 3 is 2.16 bits per heavy atom. The summed E-state index contributed by atoms with van der Waals surface area (Å²) < 4.78 is 48.4. The molecule has 0 bridgehead atoms. The Labute approximate surface area is 246 Å². The average Bonchev–Trinajstić information content (AvgIpc) is 2.93. The number of aromatic nitrogens is 3. The van der Waals surface area contributed by atoms with E-state index in [1.807, 2.05) is 39.0 Å². The van der Waals surface area contributed by atoms with Crippen molar-refractivity contribution in [2.45, 2.75) is 25.7 Å². The molecule has 3 aromatic carbocycles. The third-order valence-electron chi connectivity index (χ3n) is 6.84. The van der Waals surface area contributed by atoms with Crippen molar-refractivity contribution in [1.82, 2.24) is 15.0 Å². The summed E-state index contributed by atoms with van der Waals surface area (Å²) in [6, 6.07) is 14.6. The van der Waals surface area contributed by atoms with Gasteiger partial charge in [-0.15, -0.1) is 0 Å². The van der Waals surface area contributed by atoms with Crippen molar-refractivity contribution in [3.8, 4) is 0 Å². The molecule has 0 saturated heterocycles. The lowest BCUT2D eigenvalue weighted by Crippen LogP contribution is -2.33. The molecule has 4 aromatic rings. The fraction of sp³-hybridized carbons (Fsp3) is 0.207. The Bertz CT molecular complexity index is 1900. The van der Waals surface area contributed by atoms with Gasteiger partial charge in [0, 0.05) is 35.6 Å². The van der Waals surface area contributed by atoms with Crippen molar-refractivity contribution in [1.29, 1.82) is 0 Å². The minimum atomic E-state index is -4.85. The molecule has 12 nitrogen and oxygen atoms in total. The number of nitrogen functional groups attached to an aromatic ring is 1. The largest absolute Gasteiger partial charge is 0.397 e. The van der Waals surface area contributed by atoms with Gasteiger partial charge in [-0.25, -0.2) is 0 Å². The molecule has 5 rings (SSSR count). The molecule has 0 unspecified atom stereocenters. The smallest absolute Gasteiger partial charge is 0.315 e. The number of halogens is 1. The molecule has 0 radical (unpaired) electrons. The predicted octanol–water partition coefficient (Wildman–Crippen LogP) is 4.22. The van der Waals surface area contributed by atoms with E-state index in [4.69, 9.17) is 5.73 Å². The molecule has 0 fully saturated rings. The van der Waals surface area contributed by atoms with E-state index < -0.39 is 43.8 Å². The lowest BCUT2D eigenvalue weighted by Gasteiger charge is -2.28. The second-order valence-electron chi connectivity index (χ2n) is 10.9. The summed E-state index contributed by atoms with van der Waals surface area (Å²) in [6.07, 6.45) is -0.988. The predicted molar refractivity (Wildman–Crippen MR) is 159 cm³/mol. The maximum atomic E-state index is 14.2. The molecule has 222 valence electrons. The van der Waals surface area contributed by atoms with Gasteiger partial charge in [0.15, 0.2) is 11.6 Å². The quantitative estimate of drug-likeness (QED) is 0.119. The molecule has 0 saturated carbocycles. The van der Waals surface area contributed by atoms with Crippen LogP contribution in [0.2, 0.25) is 0 Å². The topological polar surface area (TPSA) is 189 Å². The molecule has 0 atom stereocenters. The first-order valence-corrected chi connectivity index (χ1v) is 14.5. The molecule has 1 aliphatic carbocycles. The van der Waals surface area contributed by atoms with Crippen LogP contribution in [0.1, 0.15) is 51.3 Å². The van der Waals surface area contributed by atoms with Gasteiger partial charge in [-0.1, -0.05) is 50.2 Å². The SMILES string of the molecule is Cc1cccc(Nc2nc(F)nc(NCC(C)(C)CNc3cc(S(=O)(=O)O)c(N)c4c3C(=O)c3ccccc3C4=O)n2)c1. The number of aryl methyl sites for hydroxylation is 1. The highest BCUT2D eigenvalue weighted by atomic mass is 32.2. The maximum Gasteiger partial charge on any atom is 0.315 e. The molecule has 1 aromatic heterocycles. The number of hydrogen-bond donors (Lipinski definition) is 5. The maximum absolute atomic E-state index is 14.2. The van der Waals surface area contributed by atoms with Gasteiger partial charge < -0.3 is 21.7 Å². The fourth-order valence-electron chi connectivity index (χ4n) is 4.70. The van der Waals surface area contributed by atoms with Crippen LogP contribution in [0.5, 0.6) is 0 Å². The molecule has 0 aliphatic heterocycles. The highest BCUT2D eigenvalue weighted by Gasteiger charge is 2.36. The number of carbonyl (C=O) groups excluding carboxylic acids is 2. The van der Waals surface area contributed by atoms with Crippen LogP contribution in [0.4, 0.5) is 33.3 Å². The van der Waals surface area contributed by atoms with E-state index in [2.05, 4.69) is 30.9 Å². The summed E-state index contributed by atoms with van der Waals surface area (Å²) in [7, 11) is -4.85. The van der Waals surface area contributed by atoms with Crippen LogP contribution in [0.3, 0.4) is 0 Å². The average molecular weight is 606 g/mol. The number of benzene rings is 3. The van der Waals surface area contributed by atoms with Crippen molar-refractivity contribution in [2.75, 3.05) is 34.8 Å². The zero-order chi connectivity index (χ0) is 31.1. The van der Waals surface area contributed by atoms with E-state index >= 15 is 0 Å². The van der Waals surface area contributed by atoms with Crippen molar-refractivity contribution in [3.63, 3.8) is 0 Å². The van der Waals surface area contributed by atoms with Crippen molar-refractivity contribution < 1.29 is 27.0 Å². The molecule has 0 amide bonds. The van der Waals surface area contributed by atoms with Crippen LogP contribution >= 0.6 is 0 Å². The lowest BCUT2D eigenvalue weighted by molar-refractivity contribution is 0.0980. The Morgan fingerprint density at radius 2 is 1.51 bits per heavy atom. The lowest BCUT2D eigenvalue weighted by atomic mass is 9.82. The van der Waals surface area contributed by atoms with Crippen LogP contribution in [0.25, 0.3) is 0 Å². The first-order chi connectivity index (χ1) is 20.2. The zero-order valence-electron chi connectivity index (χ0n) is 23.4. The second-order valence-corrected chi connectivity index (χ2v) is 12.3. The third-order valence-corrected chi connectivity index (χ3v) is 7.74. The molecule has 1 aliphatic rings. The highest BCUT2D eigenvalue weighted by molar-refractivity contribution is 7.86. The summed E-state index contributed by atoms with van der Waals surface area (Å²) in [5.74, 6) is -1.17. The number of fused-ring (bicyclic) bond motifs is 2. The first-order valence-electron chi connectivity index (χ1n) is 13.1. The van der Waals surface area contributed by atoms with Crippen LogP contribution in [-0.2, 0) is 10.1 Å². The summed E-state index contributed by atoms with van der Waals surface area (Å²) >= 11 is 0. The number of rotatable bonds is 9. The van der Waals surface area contributed by atoms with Gasteiger partial charge in [-0.05, 0) is 36.1 Å². The number of hydrogen-bond acceptors (Lipinski definition) is 11. The van der Waals surface area contributed by atoms with Crippen LogP contribution in [0.15, 0.2) is 59.5 Å². The minimum Gasteiger partial charge on any atom is -0.397 e. The molecule has 14 heteroatoms. The number of nitrogens with one attached hydrogen (secondary N) is 3. The van der Waals surface area contributed by atoms with Crippen LogP contribution < -0.4 is 21.7 Å². The van der Waals surface area contributed by atoms with Gasteiger partial charge in [0.2, 0.25) is 11.9 Å². The van der Waals surface area contributed by atoms with E-state index in [9.17, 15) is 27.0 Å². The van der Waals surface area contributed by atoms with Gasteiger partial charge in [0.1, 0.15) is 4.90 Å². The van der Waals surface area contributed by atoms with Crippen LogP contribution in [-0.4, -0.2) is 52.6 Å². The normalized spacial score (nSPS) is 12.9. The van der Waals surface area contributed by atoms with Crippen molar-refractivity contribution in [3.05, 3.63) is 88.5 Å². The summed E-state index contributed by atoms with van der Waals surface area (Å²) in [6.45, 7) is 5.93. The second kappa shape index (κ2) is 11.0. The van der Waals surface area contributed by atoms with Gasteiger partial charge in [-0.3, -0.25) is 14.1 Å². The highest BCUT2D eigenvalue weighted by Crippen LogP contribution is 2.39. The standard InChI is InChI=1S/C29H28FN7O5S/c1-15-7-6-8-16(11-15)34-28-36-26(30)35-27(37-28)33-14-29(2,3)13-32-19-12-20(43(40,41)42)23(31)22-21(19)24(38)17-9-4-5-10-18(17)25(22)39/h4-12,32H,13-14,31H2,1-3H3,(H,40,41,42)(H2,33,34,35,36,37). The Balaban J connectivity index is 1.39. The monoisotopic (exact) mass is 605 g/mol. The van der Waals surface area contributed by atoms with Gasteiger partial charge >= 0.3 is 6.08 Å². The Hall–Kier alpha value is -4.95. The van der Waals surface area contributed by atoms with E-state index in [-0.39, 0.29) is 52.9 Å². The number of nitrogens with two attached hydrogens (primary N) is 1. The third kappa shape index (κ3) is 6.15. The van der Waals surface area contributed by atoms with Crippen molar-refractivity contribution >= 4 is 50.6 Å². The van der Waals surface area contributed by atoms with Crippen molar-refractivity contribution in [2.24, 2.45) is 5.41 Å². The fourth-order valence-corrected chi connectivity index (χ4v) is 5.35. The summed E-state index contributed by atoms with van der Waals surface area (Å²) in [4.78, 5) is 37.8. The number of nitrogens with zero attached hydrogens (tertiary/aromatic N) is 3. The number of carbonyl (C=O) groups is 2.